The molecule has 2 rings (SSSR count). The van der Waals surface area contributed by atoms with Crippen molar-refractivity contribution < 1.29 is 22.6 Å². The summed E-state index contributed by atoms with van der Waals surface area (Å²) in [6.07, 6.45) is -3.79. The zero-order valence-corrected chi connectivity index (χ0v) is 9.17. The second-order valence-electron chi connectivity index (χ2n) is 3.75. The van der Waals surface area contributed by atoms with Gasteiger partial charge in [-0.1, -0.05) is 0 Å². The second-order valence-corrected chi connectivity index (χ2v) is 3.75. The molecule has 1 aliphatic rings. The topological polar surface area (TPSA) is 30.5 Å². The molecule has 3 nitrogen and oxygen atoms in total. The van der Waals surface area contributed by atoms with Crippen LogP contribution in [-0.2, 0) is 0 Å². The molecule has 17 heavy (non-hydrogen) atoms. The smallest absolute Gasteiger partial charge is 0.496 e. The van der Waals surface area contributed by atoms with Crippen molar-refractivity contribution in [3.8, 4) is 11.5 Å². The van der Waals surface area contributed by atoms with Crippen molar-refractivity contribution in [2.75, 3.05) is 13.7 Å². The summed E-state index contributed by atoms with van der Waals surface area (Å²) in [5.74, 6) is 0.346. The van der Waals surface area contributed by atoms with Gasteiger partial charge in [0.2, 0.25) is 0 Å². The zero-order valence-electron chi connectivity index (χ0n) is 9.17. The van der Waals surface area contributed by atoms with Gasteiger partial charge in [-0.2, -0.15) is 0 Å². The van der Waals surface area contributed by atoms with Crippen molar-refractivity contribution >= 4 is 0 Å². The fourth-order valence-corrected chi connectivity index (χ4v) is 1.74. The number of hydrogen-bond acceptors (Lipinski definition) is 3. The molecule has 0 amide bonds. The highest BCUT2D eigenvalue weighted by Gasteiger charge is 2.32. The minimum atomic E-state index is -4.67. The zero-order chi connectivity index (χ0) is 12.5. The van der Waals surface area contributed by atoms with Crippen molar-refractivity contribution in [1.82, 2.24) is 5.32 Å². The Morgan fingerprint density at radius 1 is 1.35 bits per heavy atom. The second kappa shape index (κ2) is 4.44. The van der Waals surface area contributed by atoms with E-state index < -0.39 is 6.36 Å². The van der Waals surface area contributed by atoms with Crippen LogP contribution in [0.15, 0.2) is 18.2 Å². The average Bonchev–Trinajstić information content (AvgIpc) is 2.13. The van der Waals surface area contributed by atoms with Gasteiger partial charge in [0.05, 0.1) is 7.11 Å². The molecule has 94 valence electrons. The van der Waals surface area contributed by atoms with Crippen LogP contribution in [0.1, 0.15) is 18.0 Å². The maximum Gasteiger partial charge on any atom is 0.573 e. The van der Waals surface area contributed by atoms with Gasteiger partial charge in [-0.25, -0.2) is 0 Å². The Labute approximate surface area is 96.5 Å². The summed E-state index contributed by atoms with van der Waals surface area (Å²) in [6, 6.07) is 4.13. The summed E-state index contributed by atoms with van der Waals surface area (Å²) < 4.78 is 45.2. The lowest BCUT2D eigenvalue weighted by atomic mass is 9.97. The number of nitrogens with one attached hydrogen (secondary N) is 1. The van der Waals surface area contributed by atoms with E-state index >= 15 is 0 Å². The maximum atomic E-state index is 12.1. The summed E-state index contributed by atoms with van der Waals surface area (Å²) in [5, 5.41) is 3.11. The van der Waals surface area contributed by atoms with Gasteiger partial charge in [0, 0.05) is 11.6 Å². The number of rotatable bonds is 3. The molecule has 1 atom stereocenters. The van der Waals surface area contributed by atoms with Crippen LogP contribution in [0.2, 0.25) is 0 Å². The Balaban J connectivity index is 2.24. The molecule has 1 heterocycles. The van der Waals surface area contributed by atoms with Gasteiger partial charge in [-0.05, 0) is 31.2 Å². The number of hydrogen-bond donors (Lipinski definition) is 1. The van der Waals surface area contributed by atoms with Crippen LogP contribution in [0.25, 0.3) is 0 Å². The lowest BCUT2D eigenvalue weighted by Gasteiger charge is -2.29. The molecule has 1 aliphatic heterocycles. The number of ether oxygens (including phenoxy) is 2. The standard InChI is InChI=1S/C11H12F3NO2/c1-16-10-3-2-7(17-11(12,13)14)6-8(10)9-4-5-15-9/h2-3,6,9,15H,4-5H2,1H3/t9-/m1/s1. The van der Waals surface area contributed by atoms with Crippen LogP contribution in [0.4, 0.5) is 13.2 Å². The van der Waals surface area contributed by atoms with E-state index in [4.69, 9.17) is 4.74 Å². The van der Waals surface area contributed by atoms with Crippen molar-refractivity contribution in [2.24, 2.45) is 0 Å². The van der Waals surface area contributed by atoms with Crippen LogP contribution in [0.3, 0.4) is 0 Å². The molecular formula is C11H12F3NO2. The first-order valence-electron chi connectivity index (χ1n) is 5.16. The van der Waals surface area contributed by atoms with Crippen LogP contribution in [0.5, 0.6) is 11.5 Å². The minimum Gasteiger partial charge on any atom is -0.496 e. The first-order valence-corrected chi connectivity index (χ1v) is 5.16. The Morgan fingerprint density at radius 2 is 2.06 bits per heavy atom. The Morgan fingerprint density at radius 3 is 2.53 bits per heavy atom. The molecule has 1 saturated heterocycles. The molecule has 1 aromatic carbocycles. The Kier molecular flexibility index (Phi) is 3.15. The molecule has 6 heteroatoms. The van der Waals surface area contributed by atoms with E-state index in [2.05, 4.69) is 10.1 Å². The third-order valence-electron chi connectivity index (χ3n) is 2.63. The van der Waals surface area contributed by atoms with Gasteiger partial charge in [0.25, 0.3) is 0 Å². The average molecular weight is 247 g/mol. The predicted octanol–water partition coefficient (Wildman–Crippen LogP) is 2.63. The highest BCUT2D eigenvalue weighted by atomic mass is 19.4. The predicted molar refractivity (Wildman–Crippen MR) is 55.0 cm³/mol. The van der Waals surface area contributed by atoms with Crippen molar-refractivity contribution in [3.05, 3.63) is 23.8 Å². The maximum absolute atomic E-state index is 12.1. The van der Waals surface area contributed by atoms with Gasteiger partial charge >= 0.3 is 6.36 Å². The highest BCUT2D eigenvalue weighted by Crippen LogP contribution is 2.35. The lowest BCUT2D eigenvalue weighted by Crippen LogP contribution is -2.35. The fraction of sp³-hybridized carbons (Fsp3) is 0.455. The van der Waals surface area contributed by atoms with Gasteiger partial charge in [0.15, 0.2) is 0 Å². The Hall–Kier alpha value is -1.43. The quantitative estimate of drug-likeness (QED) is 0.890. The van der Waals surface area contributed by atoms with E-state index in [1.807, 2.05) is 0 Å². The van der Waals surface area contributed by atoms with Crippen molar-refractivity contribution in [1.29, 1.82) is 0 Å². The van der Waals surface area contributed by atoms with Gasteiger partial charge < -0.3 is 14.8 Å². The normalized spacial score (nSPS) is 19.6. The number of halogens is 3. The number of alkyl halides is 3. The molecule has 0 saturated carbocycles. The van der Waals surface area contributed by atoms with Crippen LogP contribution >= 0.6 is 0 Å². The van der Waals surface area contributed by atoms with Crippen molar-refractivity contribution in [2.45, 2.75) is 18.8 Å². The van der Waals surface area contributed by atoms with Crippen LogP contribution in [0, 0.1) is 0 Å². The molecule has 1 aromatic rings. The SMILES string of the molecule is COc1ccc(OC(F)(F)F)cc1[C@H]1CCN1. The molecule has 1 N–H and O–H groups in total. The molecule has 0 radical (unpaired) electrons. The van der Waals surface area contributed by atoms with Crippen LogP contribution < -0.4 is 14.8 Å². The summed E-state index contributed by atoms with van der Waals surface area (Å²) in [5.41, 5.74) is 0.695. The van der Waals surface area contributed by atoms with Crippen LogP contribution in [-0.4, -0.2) is 20.0 Å². The van der Waals surface area contributed by atoms with E-state index in [1.54, 1.807) is 0 Å². The van der Waals surface area contributed by atoms with E-state index in [-0.39, 0.29) is 11.8 Å². The van der Waals surface area contributed by atoms with Gasteiger partial charge in [-0.15, -0.1) is 13.2 Å². The molecule has 0 aliphatic carbocycles. The summed E-state index contributed by atoms with van der Waals surface area (Å²) >= 11 is 0. The monoisotopic (exact) mass is 247 g/mol. The van der Waals surface area contributed by atoms with E-state index in [0.717, 1.165) is 13.0 Å². The first kappa shape index (κ1) is 12.0. The first-order chi connectivity index (χ1) is 7.99. The minimum absolute atomic E-state index is 0.0433. The van der Waals surface area contributed by atoms with E-state index in [1.165, 1.54) is 25.3 Å². The third kappa shape index (κ3) is 2.82. The summed E-state index contributed by atoms with van der Waals surface area (Å²) in [4.78, 5) is 0. The number of methoxy groups -OCH3 is 1. The largest absolute Gasteiger partial charge is 0.573 e. The lowest BCUT2D eigenvalue weighted by molar-refractivity contribution is -0.274. The Bertz CT molecular complexity index is 402. The molecule has 1 fully saturated rings. The van der Waals surface area contributed by atoms with E-state index in [9.17, 15) is 13.2 Å². The van der Waals surface area contributed by atoms with Gasteiger partial charge in [0.1, 0.15) is 11.5 Å². The van der Waals surface area contributed by atoms with Crippen molar-refractivity contribution in [3.63, 3.8) is 0 Å². The van der Waals surface area contributed by atoms with Gasteiger partial charge in [-0.3, -0.25) is 0 Å². The summed E-state index contributed by atoms with van der Waals surface area (Å²) in [6.45, 7) is 0.859. The molecular weight excluding hydrogens is 235 g/mol. The third-order valence-corrected chi connectivity index (χ3v) is 2.63. The molecule has 0 unspecified atom stereocenters. The molecule has 0 aromatic heterocycles. The van der Waals surface area contributed by atoms with E-state index in [0.29, 0.717) is 11.3 Å². The molecule has 0 spiro atoms. The number of benzene rings is 1. The summed E-state index contributed by atoms with van der Waals surface area (Å²) in [7, 11) is 1.49. The highest BCUT2D eigenvalue weighted by molar-refractivity contribution is 5.43. The fourth-order valence-electron chi connectivity index (χ4n) is 1.74. The molecule has 0 bridgehead atoms.